The van der Waals surface area contributed by atoms with Gasteiger partial charge in [0.05, 0.1) is 0 Å². The number of rotatable bonds is 2. The average molecular weight is 293 g/mol. The van der Waals surface area contributed by atoms with Gasteiger partial charge in [0.1, 0.15) is 0 Å². The molecular weight excluding hydrogens is 284 g/mol. The molecule has 3 N–H and O–H groups in total. The normalized spacial score (nSPS) is 9.94. The predicted octanol–water partition coefficient (Wildman–Crippen LogP) is 2.07. The van der Waals surface area contributed by atoms with E-state index in [0.29, 0.717) is 17.1 Å². The van der Waals surface area contributed by atoms with Crippen LogP contribution in [0, 0.1) is 0 Å². The summed E-state index contributed by atoms with van der Waals surface area (Å²) in [5.41, 5.74) is 6.68. The van der Waals surface area contributed by atoms with Gasteiger partial charge in [-0.05, 0) is 46.3 Å². The van der Waals surface area contributed by atoms with Gasteiger partial charge >= 0.3 is 0 Å². The molecule has 1 amide bonds. The zero-order valence-electron chi connectivity index (χ0n) is 8.72. The minimum Gasteiger partial charge on any atom is -0.398 e. The van der Waals surface area contributed by atoms with Crippen molar-refractivity contribution in [1.29, 1.82) is 0 Å². The van der Waals surface area contributed by atoms with Crippen molar-refractivity contribution in [3.05, 3.63) is 46.6 Å². The van der Waals surface area contributed by atoms with Gasteiger partial charge in [-0.3, -0.25) is 4.79 Å². The first-order chi connectivity index (χ1) is 8.16. The number of hydrogen-bond acceptors (Lipinski definition) is 4. The fraction of sp³-hybridized carbons (Fsp3) is 0. The van der Waals surface area contributed by atoms with Crippen molar-refractivity contribution in [2.75, 3.05) is 11.1 Å². The minimum absolute atomic E-state index is 0.273. The lowest BCUT2D eigenvalue weighted by atomic mass is 10.2. The molecule has 86 valence electrons. The second kappa shape index (κ2) is 4.92. The van der Waals surface area contributed by atoms with Crippen molar-refractivity contribution in [3.63, 3.8) is 0 Å². The maximum atomic E-state index is 11.8. The van der Waals surface area contributed by atoms with Gasteiger partial charge in [-0.2, -0.15) is 5.10 Å². The van der Waals surface area contributed by atoms with E-state index in [-0.39, 0.29) is 5.91 Å². The van der Waals surface area contributed by atoms with Crippen LogP contribution >= 0.6 is 15.9 Å². The maximum absolute atomic E-state index is 11.8. The molecule has 1 heterocycles. The summed E-state index contributed by atoms with van der Waals surface area (Å²) in [6.07, 6.45) is 1.53. The van der Waals surface area contributed by atoms with Crippen molar-refractivity contribution in [2.24, 2.45) is 0 Å². The molecule has 2 aromatic rings. The number of hydrogen-bond donors (Lipinski definition) is 2. The van der Waals surface area contributed by atoms with Crippen LogP contribution in [0.15, 0.2) is 41.0 Å². The van der Waals surface area contributed by atoms with E-state index in [2.05, 4.69) is 31.4 Å². The first-order valence-corrected chi connectivity index (χ1v) is 5.60. The van der Waals surface area contributed by atoms with E-state index < -0.39 is 0 Å². The maximum Gasteiger partial charge on any atom is 0.256 e. The van der Waals surface area contributed by atoms with Gasteiger partial charge in [0, 0.05) is 21.9 Å². The van der Waals surface area contributed by atoms with Crippen LogP contribution in [0.25, 0.3) is 0 Å². The molecule has 5 nitrogen and oxygen atoms in total. The third-order valence-electron chi connectivity index (χ3n) is 2.07. The summed E-state index contributed by atoms with van der Waals surface area (Å²) in [6, 6.07) is 8.34. The van der Waals surface area contributed by atoms with E-state index >= 15 is 0 Å². The van der Waals surface area contributed by atoms with Gasteiger partial charge < -0.3 is 11.1 Å². The highest BCUT2D eigenvalue weighted by molar-refractivity contribution is 9.10. The van der Waals surface area contributed by atoms with Gasteiger partial charge in [0.15, 0.2) is 5.82 Å². The molecule has 6 heteroatoms. The molecular formula is C11H9BrN4O. The number of nitrogen functional groups attached to an aromatic ring is 1. The Hall–Kier alpha value is -1.95. The number of halogens is 1. The molecule has 0 fully saturated rings. The van der Waals surface area contributed by atoms with E-state index in [1.54, 1.807) is 30.3 Å². The van der Waals surface area contributed by atoms with E-state index in [9.17, 15) is 4.79 Å². The highest BCUT2D eigenvalue weighted by Gasteiger charge is 2.08. The second-order valence-electron chi connectivity index (χ2n) is 3.30. The first kappa shape index (κ1) is 11.5. The number of nitrogens with two attached hydrogens (primary N) is 1. The first-order valence-electron chi connectivity index (χ1n) is 4.81. The monoisotopic (exact) mass is 292 g/mol. The average Bonchev–Trinajstić information content (AvgIpc) is 2.34. The van der Waals surface area contributed by atoms with E-state index in [4.69, 9.17) is 5.73 Å². The third kappa shape index (κ3) is 2.79. The lowest BCUT2D eigenvalue weighted by Crippen LogP contribution is -2.13. The molecule has 0 aliphatic carbocycles. The summed E-state index contributed by atoms with van der Waals surface area (Å²) >= 11 is 3.27. The predicted molar refractivity (Wildman–Crippen MR) is 68.5 cm³/mol. The van der Waals surface area contributed by atoms with Crippen molar-refractivity contribution < 1.29 is 4.79 Å². The lowest BCUT2D eigenvalue weighted by molar-refractivity contribution is 0.102. The summed E-state index contributed by atoms with van der Waals surface area (Å²) in [5, 5.41) is 10.0. The molecule has 0 unspecified atom stereocenters. The quantitative estimate of drug-likeness (QED) is 0.831. The summed E-state index contributed by atoms with van der Waals surface area (Å²) in [4.78, 5) is 11.8. The van der Waals surface area contributed by atoms with Gasteiger partial charge in [0.2, 0.25) is 0 Å². The Bertz CT molecular complexity index is 544. The van der Waals surface area contributed by atoms with Crippen molar-refractivity contribution in [2.45, 2.75) is 0 Å². The molecule has 0 saturated heterocycles. The smallest absolute Gasteiger partial charge is 0.256 e. The lowest BCUT2D eigenvalue weighted by Gasteiger charge is -2.05. The molecule has 0 bridgehead atoms. The van der Waals surface area contributed by atoms with Crippen LogP contribution in [-0.4, -0.2) is 16.1 Å². The number of anilines is 2. The Morgan fingerprint density at radius 2 is 2.18 bits per heavy atom. The van der Waals surface area contributed by atoms with E-state index in [1.807, 2.05) is 0 Å². The number of carbonyl (C=O) groups is 1. The number of benzene rings is 1. The zero-order valence-corrected chi connectivity index (χ0v) is 10.3. The molecule has 1 aromatic carbocycles. The van der Waals surface area contributed by atoms with Crippen LogP contribution in [0.3, 0.4) is 0 Å². The Kier molecular flexibility index (Phi) is 3.34. The largest absolute Gasteiger partial charge is 0.398 e. The molecule has 0 aliphatic heterocycles. The summed E-state index contributed by atoms with van der Waals surface area (Å²) < 4.78 is 0.758. The van der Waals surface area contributed by atoms with Crippen molar-refractivity contribution in [1.82, 2.24) is 10.2 Å². The molecule has 2 rings (SSSR count). The molecule has 1 aromatic heterocycles. The Morgan fingerprint density at radius 3 is 2.82 bits per heavy atom. The van der Waals surface area contributed by atoms with Gasteiger partial charge in [0.25, 0.3) is 5.91 Å². The van der Waals surface area contributed by atoms with Crippen LogP contribution in [-0.2, 0) is 0 Å². The number of nitrogens with one attached hydrogen (secondary N) is 1. The molecule has 0 aliphatic rings. The standard InChI is InChI=1S/C11H9BrN4O/c12-8-4-3-7(6-9(8)13)11(17)15-10-2-1-5-14-16-10/h1-6H,13H2,(H,15,16,17). The second-order valence-corrected chi connectivity index (χ2v) is 4.15. The molecule has 0 saturated carbocycles. The Balaban J connectivity index is 2.18. The topological polar surface area (TPSA) is 80.9 Å². The number of amides is 1. The SMILES string of the molecule is Nc1cc(C(=O)Nc2cccnn2)ccc1Br. The molecule has 17 heavy (non-hydrogen) atoms. The fourth-order valence-corrected chi connectivity index (χ4v) is 1.49. The highest BCUT2D eigenvalue weighted by atomic mass is 79.9. The van der Waals surface area contributed by atoms with Crippen LogP contribution in [0.2, 0.25) is 0 Å². The number of nitrogens with zero attached hydrogens (tertiary/aromatic N) is 2. The van der Waals surface area contributed by atoms with Crippen LogP contribution in [0.4, 0.5) is 11.5 Å². The summed E-state index contributed by atoms with van der Waals surface area (Å²) in [6.45, 7) is 0. The zero-order chi connectivity index (χ0) is 12.3. The number of aromatic nitrogens is 2. The third-order valence-corrected chi connectivity index (χ3v) is 2.79. The Labute approximate surface area is 106 Å². The number of carbonyl (C=O) groups excluding carboxylic acids is 1. The minimum atomic E-state index is -0.273. The van der Waals surface area contributed by atoms with Crippen molar-refractivity contribution >= 4 is 33.3 Å². The molecule has 0 atom stereocenters. The van der Waals surface area contributed by atoms with Crippen LogP contribution in [0.1, 0.15) is 10.4 Å². The van der Waals surface area contributed by atoms with E-state index in [1.165, 1.54) is 6.20 Å². The molecule has 0 spiro atoms. The fourth-order valence-electron chi connectivity index (χ4n) is 1.24. The van der Waals surface area contributed by atoms with Crippen molar-refractivity contribution in [3.8, 4) is 0 Å². The highest BCUT2D eigenvalue weighted by Crippen LogP contribution is 2.20. The Morgan fingerprint density at radius 1 is 1.35 bits per heavy atom. The van der Waals surface area contributed by atoms with Gasteiger partial charge in [-0.25, -0.2) is 0 Å². The molecule has 0 radical (unpaired) electrons. The van der Waals surface area contributed by atoms with Crippen LogP contribution in [0.5, 0.6) is 0 Å². The van der Waals surface area contributed by atoms with E-state index in [0.717, 1.165) is 4.47 Å². The van der Waals surface area contributed by atoms with Gasteiger partial charge in [-0.1, -0.05) is 0 Å². The van der Waals surface area contributed by atoms with Gasteiger partial charge in [-0.15, -0.1) is 5.10 Å². The van der Waals surface area contributed by atoms with Crippen LogP contribution < -0.4 is 11.1 Å². The summed E-state index contributed by atoms with van der Waals surface area (Å²) in [7, 11) is 0. The summed E-state index contributed by atoms with van der Waals surface area (Å²) in [5.74, 6) is 0.128.